The Hall–Kier alpha value is -3.95. The van der Waals surface area contributed by atoms with Crippen LogP contribution in [0, 0.1) is 6.92 Å². The summed E-state index contributed by atoms with van der Waals surface area (Å²) in [6.45, 7) is 4.01. The van der Waals surface area contributed by atoms with Gasteiger partial charge in [-0.05, 0) is 98.3 Å². The Balaban J connectivity index is 1.32. The lowest BCUT2D eigenvalue weighted by atomic mass is 9.79. The van der Waals surface area contributed by atoms with E-state index in [0.717, 1.165) is 67.2 Å². The van der Waals surface area contributed by atoms with E-state index >= 15 is 0 Å². The largest absolute Gasteiger partial charge is 0.487 e. The molecule has 236 valence electrons. The molecule has 1 N–H and O–H groups in total. The smallest absolute Gasteiger partial charge is 0.357 e. The SMILES string of the molecule is CCCCc1c/c(=N\OC(=O)C(NS(=O)(=O)c2ccc(C)cc2)c2ccccc2)oc2cc3c(cc12)CCC1(CCCCC1)O3. The minimum Gasteiger partial charge on any atom is -0.487 e. The number of nitrogens with zero attached hydrogens (tertiary/aromatic N) is 1. The van der Waals surface area contributed by atoms with Crippen LogP contribution in [-0.2, 0) is 32.5 Å². The first-order chi connectivity index (χ1) is 21.7. The topological polar surface area (TPSA) is 107 Å². The highest BCUT2D eigenvalue weighted by molar-refractivity contribution is 7.89. The second kappa shape index (κ2) is 13.2. The van der Waals surface area contributed by atoms with Crippen LogP contribution in [0.15, 0.2) is 87.3 Å². The summed E-state index contributed by atoms with van der Waals surface area (Å²) in [5, 5.41) is 5.09. The maximum absolute atomic E-state index is 13.5. The highest BCUT2D eigenvalue weighted by Crippen LogP contribution is 2.43. The van der Waals surface area contributed by atoms with Crippen molar-refractivity contribution < 1.29 is 27.2 Å². The second-order valence-electron chi connectivity index (χ2n) is 12.3. The van der Waals surface area contributed by atoms with E-state index in [1.165, 1.54) is 37.0 Å². The van der Waals surface area contributed by atoms with Gasteiger partial charge < -0.3 is 14.0 Å². The Bertz CT molecular complexity index is 1840. The number of nitrogens with one attached hydrogen (secondary N) is 1. The molecule has 1 aromatic heterocycles. The van der Waals surface area contributed by atoms with Crippen LogP contribution in [0.4, 0.5) is 0 Å². The van der Waals surface area contributed by atoms with Crippen LogP contribution in [0.3, 0.4) is 0 Å². The molecular weight excluding hydrogens is 588 g/mol. The van der Waals surface area contributed by atoms with Gasteiger partial charge in [0.15, 0.2) is 0 Å². The first-order valence-electron chi connectivity index (χ1n) is 15.9. The zero-order valence-electron chi connectivity index (χ0n) is 25.9. The Morgan fingerprint density at radius 3 is 2.49 bits per heavy atom. The van der Waals surface area contributed by atoms with Gasteiger partial charge in [-0.3, -0.25) is 0 Å². The molecule has 0 bridgehead atoms. The van der Waals surface area contributed by atoms with Gasteiger partial charge in [0.05, 0.1) is 4.90 Å². The van der Waals surface area contributed by atoms with Crippen LogP contribution >= 0.6 is 0 Å². The first kappa shape index (κ1) is 31.0. The standard InChI is InChI=1S/C36H40N2O6S/c1-3-4-11-27-23-33(42-32-24-31-28(22-30(27)32)18-21-36(43-31)19-9-6-10-20-36)37-44-35(39)34(26-12-7-5-8-13-26)38-45(40,41)29-16-14-25(2)15-17-29/h5,7-8,12-17,22-24,34,38H,3-4,6,9-11,18-21H2,1-2H3/b37-33+. The molecule has 1 fully saturated rings. The van der Waals surface area contributed by atoms with Crippen molar-refractivity contribution in [2.75, 3.05) is 0 Å². The number of ether oxygens (including phenoxy) is 1. The Morgan fingerprint density at radius 2 is 1.76 bits per heavy atom. The van der Waals surface area contributed by atoms with Crippen molar-refractivity contribution in [3.63, 3.8) is 0 Å². The Labute approximate surface area is 264 Å². The molecule has 1 unspecified atom stereocenters. The predicted octanol–water partition coefficient (Wildman–Crippen LogP) is 7.19. The van der Waals surface area contributed by atoms with Crippen molar-refractivity contribution in [2.45, 2.75) is 94.6 Å². The van der Waals surface area contributed by atoms with Gasteiger partial charge >= 0.3 is 5.97 Å². The lowest BCUT2D eigenvalue weighted by molar-refractivity contribution is -0.146. The van der Waals surface area contributed by atoms with Crippen molar-refractivity contribution in [1.82, 2.24) is 4.72 Å². The van der Waals surface area contributed by atoms with Crippen molar-refractivity contribution in [1.29, 1.82) is 0 Å². The van der Waals surface area contributed by atoms with E-state index in [0.29, 0.717) is 11.1 Å². The molecule has 0 amide bonds. The fraction of sp³-hybridized carbons (Fsp3) is 0.389. The van der Waals surface area contributed by atoms with Crippen molar-refractivity contribution in [3.05, 3.63) is 101 Å². The molecule has 6 rings (SSSR count). The van der Waals surface area contributed by atoms with E-state index in [4.69, 9.17) is 14.0 Å². The molecule has 1 aliphatic heterocycles. The summed E-state index contributed by atoms with van der Waals surface area (Å²) in [5.41, 5.74) is 4.23. The zero-order valence-corrected chi connectivity index (χ0v) is 26.7. The summed E-state index contributed by atoms with van der Waals surface area (Å²) in [7, 11) is -4.05. The van der Waals surface area contributed by atoms with Crippen LogP contribution in [0.25, 0.3) is 11.0 Å². The minimum absolute atomic E-state index is 0.0458. The first-order valence-corrected chi connectivity index (χ1v) is 17.4. The molecule has 0 radical (unpaired) electrons. The predicted molar refractivity (Wildman–Crippen MR) is 172 cm³/mol. The lowest BCUT2D eigenvalue weighted by Crippen LogP contribution is -2.41. The van der Waals surface area contributed by atoms with Gasteiger partial charge in [-0.2, -0.15) is 4.72 Å². The molecule has 8 nitrogen and oxygen atoms in total. The lowest BCUT2D eigenvalue weighted by Gasteiger charge is -2.41. The third kappa shape index (κ3) is 6.99. The molecule has 1 spiro atoms. The highest BCUT2D eigenvalue weighted by Gasteiger charge is 2.37. The molecule has 45 heavy (non-hydrogen) atoms. The van der Waals surface area contributed by atoms with E-state index in [1.807, 2.05) is 13.0 Å². The van der Waals surface area contributed by atoms with Crippen LogP contribution in [0.2, 0.25) is 0 Å². The maximum Gasteiger partial charge on any atom is 0.357 e. The number of aryl methyl sites for hydroxylation is 3. The summed E-state index contributed by atoms with van der Waals surface area (Å²) in [6.07, 6.45) is 10.6. The van der Waals surface area contributed by atoms with Gasteiger partial charge in [-0.15, -0.1) is 0 Å². The summed E-state index contributed by atoms with van der Waals surface area (Å²) in [4.78, 5) is 18.9. The maximum atomic E-state index is 13.5. The monoisotopic (exact) mass is 628 g/mol. The molecule has 4 aromatic rings. The van der Waals surface area contributed by atoms with Gasteiger partial charge in [0.25, 0.3) is 5.55 Å². The number of carbonyl (C=O) groups excluding carboxylic acids is 1. The molecule has 0 saturated heterocycles. The van der Waals surface area contributed by atoms with Crippen molar-refractivity contribution in [3.8, 4) is 5.75 Å². The summed E-state index contributed by atoms with van der Waals surface area (Å²) < 4.78 is 41.8. The number of hydrogen-bond acceptors (Lipinski definition) is 7. The van der Waals surface area contributed by atoms with Gasteiger partial charge in [-0.25, -0.2) is 13.2 Å². The minimum atomic E-state index is -4.05. The van der Waals surface area contributed by atoms with Crippen molar-refractivity contribution in [2.24, 2.45) is 5.16 Å². The highest BCUT2D eigenvalue weighted by atomic mass is 32.2. The average molecular weight is 629 g/mol. The molecular formula is C36H40N2O6S. The fourth-order valence-corrected chi connectivity index (χ4v) is 7.57. The molecule has 1 atom stereocenters. The average Bonchev–Trinajstić information content (AvgIpc) is 3.05. The van der Waals surface area contributed by atoms with Crippen LogP contribution in [0.5, 0.6) is 5.75 Å². The summed E-state index contributed by atoms with van der Waals surface area (Å²) in [5.74, 6) is -0.0278. The molecule has 1 aliphatic carbocycles. The number of fused-ring (bicyclic) bond motifs is 2. The Kier molecular flexibility index (Phi) is 9.10. The zero-order chi connectivity index (χ0) is 31.4. The summed E-state index contributed by atoms with van der Waals surface area (Å²) in [6, 6.07) is 19.6. The van der Waals surface area contributed by atoms with E-state index in [1.54, 1.807) is 48.5 Å². The number of hydrogen-bond donors (Lipinski definition) is 1. The van der Waals surface area contributed by atoms with E-state index in [2.05, 4.69) is 22.9 Å². The van der Waals surface area contributed by atoms with E-state index < -0.39 is 22.0 Å². The quantitative estimate of drug-likeness (QED) is 0.155. The number of sulfonamides is 1. The van der Waals surface area contributed by atoms with E-state index in [9.17, 15) is 13.2 Å². The number of carbonyl (C=O) groups is 1. The second-order valence-corrected chi connectivity index (χ2v) is 14.0. The van der Waals surface area contributed by atoms with Crippen LogP contribution < -0.4 is 15.0 Å². The van der Waals surface area contributed by atoms with Crippen molar-refractivity contribution >= 4 is 27.0 Å². The number of rotatable bonds is 9. The fourth-order valence-electron chi connectivity index (χ4n) is 6.40. The number of benzene rings is 3. The third-order valence-electron chi connectivity index (χ3n) is 8.96. The normalized spacial score (nSPS) is 17.1. The summed E-state index contributed by atoms with van der Waals surface area (Å²) >= 11 is 0. The van der Waals surface area contributed by atoms with Crippen LogP contribution in [0.1, 0.15) is 86.6 Å². The third-order valence-corrected chi connectivity index (χ3v) is 10.4. The number of unbranched alkanes of at least 4 members (excludes halogenated alkanes) is 1. The molecule has 2 aliphatic rings. The van der Waals surface area contributed by atoms with Gasteiger partial charge in [0.2, 0.25) is 10.0 Å². The molecule has 9 heteroatoms. The molecule has 2 heterocycles. The van der Waals surface area contributed by atoms with Gasteiger partial charge in [0, 0.05) is 17.5 Å². The van der Waals surface area contributed by atoms with E-state index in [-0.39, 0.29) is 16.1 Å². The molecule has 3 aromatic carbocycles. The van der Waals surface area contributed by atoms with Gasteiger partial charge in [-0.1, -0.05) is 67.8 Å². The van der Waals surface area contributed by atoms with Gasteiger partial charge in [0.1, 0.15) is 23.0 Å². The van der Waals surface area contributed by atoms with Crippen LogP contribution in [-0.4, -0.2) is 20.0 Å². The Morgan fingerprint density at radius 1 is 1.00 bits per heavy atom. The molecule has 1 saturated carbocycles.